The number of hydrogen-bond acceptors (Lipinski definition) is 17. The fraction of sp³-hybridized carbons (Fsp3) is 0.679. The van der Waals surface area contributed by atoms with Crippen molar-refractivity contribution in [3.8, 4) is 11.5 Å². The van der Waals surface area contributed by atoms with E-state index in [0.717, 1.165) is 11.1 Å². The molecule has 1 unspecified atom stereocenters. The molecule has 0 spiro atoms. The fourth-order valence-electron chi connectivity index (χ4n) is 9.48. The van der Waals surface area contributed by atoms with Gasteiger partial charge >= 0.3 is 17.9 Å². The monoisotopic (exact) mass is 1060 g/mol. The van der Waals surface area contributed by atoms with Gasteiger partial charge in [0.25, 0.3) is 0 Å². The van der Waals surface area contributed by atoms with Gasteiger partial charge in [0.2, 0.25) is 0 Å². The minimum atomic E-state index is -1.56. The van der Waals surface area contributed by atoms with E-state index in [1.807, 2.05) is 53.7 Å². The van der Waals surface area contributed by atoms with Gasteiger partial charge in [-0.1, -0.05) is 108 Å². The highest BCUT2D eigenvalue weighted by Crippen LogP contribution is 2.46. The molecular formula is C53H78Cl2O17. The number of benzene rings is 1. The average molecular weight is 1060 g/mol. The molecule has 1 aromatic rings. The lowest BCUT2D eigenvalue weighted by molar-refractivity contribution is -0.295. The largest absolute Gasteiger partial charge is 0.505 e. The van der Waals surface area contributed by atoms with Crippen LogP contribution >= 0.6 is 23.2 Å². The Kier molecular flexibility index (Phi) is 22.7. The molecule has 1 aliphatic carbocycles. The van der Waals surface area contributed by atoms with Gasteiger partial charge in [-0.25, -0.2) is 9.59 Å². The van der Waals surface area contributed by atoms with Crippen LogP contribution in [0.25, 0.3) is 0 Å². The Bertz CT molecular complexity index is 2150. The lowest BCUT2D eigenvalue weighted by Crippen LogP contribution is -2.60. The highest BCUT2D eigenvalue weighted by molar-refractivity contribution is 6.39. The predicted molar refractivity (Wildman–Crippen MR) is 268 cm³/mol. The average Bonchev–Trinajstić information content (AvgIpc) is 3.32. The Hall–Kier alpha value is -3.59. The van der Waals surface area contributed by atoms with Crippen molar-refractivity contribution in [1.29, 1.82) is 0 Å². The molecule has 2 fully saturated rings. The van der Waals surface area contributed by atoms with Crippen molar-refractivity contribution in [3.05, 3.63) is 68.3 Å². The SMILES string of the molecule is CCc1c(Cl)c(O)c(Cl)c(O)c1C(=O)O[C@H]1[C@H](O)[C@H](OC)[C@H](OC/C2=C\C=C\C[C@H](O)C(C)C[C@H](CC)[C@@H](O[C@@H]3CC(C)(C)[C@@H](OC(=O)C(C)C)[C@H](O)[C@@H]3O)/C(C)=C/C(C)=C/C[C@@H]([C@@H](C)O)OC2=O)O[C@@H]1C. The van der Waals surface area contributed by atoms with Crippen LogP contribution in [-0.4, -0.2) is 147 Å². The number of esters is 3. The second kappa shape index (κ2) is 26.8. The molecule has 7 N–H and O–H groups in total. The van der Waals surface area contributed by atoms with Gasteiger partial charge in [-0.15, -0.1) is 0 Å². The first-order valence-corrected chi connectivity index (χ1v) is 25.6. The van der Waals surface area contributed by atoms with Gasteiger partial charge in [-0.3, -0.25) is 4.79 Å². The zero-order valence-corrected chi connectivity index (χ0v) is 45.1. The van der Waals surface area contributed by atoms with Crippen LogP contribution in [0.3, 0.4) is 0 Å². The van der Waals surface area contributed by atoms with Crippen LogP contribution in [0.4, 0.5) is 0 Å². The lowest BCUT2D eigenvalue weighted by Gasteiger charge is -2.48. The van der Waals surface area contributed by atoms with Gasteiger partial charge in [0.05, 0.1) is 53.6 Å². The van der Waals surface area contributed by atoms with Gasteiger partial charge < -0.3 is 68.9 Å². The molecule has 72 heavy (non-hydrogen) atoms. The molecule has 406 valence electrons. The number of phenolic OH excluding ortho intramolecular Hbond substituents is 2. The number of halogens is 2. The van der Waals surface area contributed by atoms with E-state index in [1.165, 1.54) is 27.0 Å². The Morgan fingerprint density at radius 2 is 1.60 bits per heavy atom. The van der Waals surface area contributed by atoms with Crippen LogP contribution in [0.2, 0.25) is 10.0 Å². The van der Waals surface area contributed by atoms with Crippen molar-refractivity contribution >= 4 is 41.1 Å². The smallest absolute Gasteiger partial charge is 0.342 e. The van der Waals surface area contributed by atoms with Crippen LogP contribution in [0.1, 0.15) is 124 Å². The number of aromatic hydroxyl groups is 2. The van der Waals surface area contributed by atoms with Crippen LogP contribution in [0.15, 0.2) is 47.1 Å². The first kappa shape index (κ1) is 61.0. The summed E-state index contributed by atoms with van der Waals surface area (Å²) in [6.07, 6.45) is -4.36. The molecule has 1 saturated heterocycles. The summed E-state index contributed by atoms with van der Waals surface area (Å²) in [4.78, 5) is 40.1. The van der Waals surface area contributed by atoms with E-state index in [0.29, 0.717) is 12.8 Å². The maximum atomic E-state index is 14.0. The van der Waals surface area contributed by atoms with Gasteiger partial charge in [0.1, 0.15) is 47.2 Å². The normalized spacial score (nSPS) is 35.2. The first-order valence-electron chi connectivity index (χ1n) is 24.8. The van der Waals surface area contributed by atoms with Crippen LogP contribution in [0, 0.1) is 23.2 Å². The molecule has 2 heterocycles. The number of hydrogen-bond donors (Lipinski definition) is 7. The number of ether oxygens (including phenoxy) is 7. The fourth-order valence-corrected chi connectivity index (χ4v) is 10.0. The maximum Gasteiger partial charge on any atom is 0.342 e. The molecular weight excluding hydrogens is 979 g/mol. The Balaban J connectivity index is 1.58. The summed E-state index contributed by atoms with van der Waals surface area (Å²) in [7, 11) is 1.27. The number of allylic oxidation sites excluding steroid dienone is 4. The van der Waals surface area contributed by atoms with Gasteiger partial charge in [-0.2, -0.15) is 0 Å². The summed E-state index contributed by atoms with van der Waals surface area (Å²) in [6, 6.07) is 0. The van der Waals surface area contributed by atoms with E-state index in [2.05, 4.69) is 0 Å². The van der Waals surface area contributed by atoms with Gasteiger partial charge in [0, 0.05) is 18.9 Å². The topological polar surface area (TPSA) is 257 Å². The highest BCUT2D eigenvalue weighted by Gasteiger charge is 2.52. The number of methoxy groups -OCH3 is 1. The standard InChI is InChI=1S/C53H78Cl2O17/c1-13-31-22-27(6)34(57)18-16-15-17-32(24-67-52-47(66-12)44(62)46(30(9)68-52)71-51(65)37-33(14-2)38(54)42(60)39(55)41(37)59)50(64)70-35(29(8)56)20-19-26(5)21-28(7)45(31)69-36-23-53(10,11)48(43(61)40(36)58)72-49(63)25(3)4/h15-17,19,21,25,27,29-31,34-36,40,43-48,52,56-62H,13-14,18,20,22-24H2,1-12H3/b16-15+,26-19+,28-21+,32-17+/t27?,29-,30-,31+,34+,35+,36-,40-,43-,44+,45+,46-,47+,48+,52-/m1/s1. The second-order valence-electron chi connectivity index (χ2n) is 20.5. The minimum Gasteiger partial charge on any atom is -0.505 e. The quantitative estimate of drug-likeness (QED) is 0.0777. The van der Waals surface area contributed by atoms with E-state index in [-0.39, 0.29) is 53.7 Å². The number of phenols is 2. The summed E-state index contributed by atoms with van der Waals surface area (Å²) in [6.45, 7) is 19.1. The summed E-state index contributed by atoms with van der Waals surface area (Å²) < 4.78 is 41.8. The highest BCUT2D eigenvalue weighted by atomic mass is 35.5. The molecule has 0 radical (unpaired) electrons. The third-order valence-corrected chi connectivity index (χ3v) is 14.7. The van der Waals surface area contributed by atoms with Gasteiger partial charge in [0.15, 0.2) is 23.9 Å². The maximum absolute atomic E-state index is 14.0. The lowest BCUT2D eigenvalue weighted by atomic mass is 9.70. The first-order chi connectivity index (χ1) is 33.7. The third-order valence-electron chi connectivity index (χ3n) is 14.0. The molecule has 0 aromatic heterocycles. The second-order valence-corrected chi connectivity index (χ2v) is 21.2. The van der Waals surface area contributed by atoms with Crippen molar-refractivity contribution in [2.75, 3.05) is 13.7 Å². The molecule has 15 atom stereocenters. The van der Waals surface area contributed by atoms with E-state index >= 15 is 0 Å². The number of aliphatic hydroxyl groups is 5. The molecule has 2 aliphatic heterocycles. The zero-order chi connectivity index (χ0) is 54.1. The van der Waals surface area contributed by atoms with Crippen LogP contribution < -0.4 is 0 Å². The molecule has 19 heteroatoms. The molecule has 0 bridgehead atoms. The molecule has 4 rings (SSSR count). The molecule has 0 amide bonds. The van der Waals surface area contributed by atoms with E-state index in [4.69, 9.17) is 56.4 Å². The van der Waals surface area contributed by atoms with Crippen molar-refractivity contribution in [3.63, 3.8) is 0 Å². The molecule has 17 nitrogen and oxygen atoms in total. The minimum absolute atomic E-state index is 0.0107. The summed E-state index contributed by atoms with van der Waals surface area (Å²) in [5, 5.41) is 76.8. The van der Waals surface area contributed by atoms with Crippen molar-refractivity contribution in [2.45, 2.75) is 194 Å². The van der Waals surface area contributed by atoms with E-state index < -0.39 is 137 Å². The van der Waals surface area contributed by atoms with Crippen molar-refractivity contribution in [2.24, 2.45) is 23.2 Å². The van der Waals surface area contributed by atoms with Crippen molar-refractivity contribution < 1.29 is 83.3 Å². The number of carbonyl (C=O) groups is 3. The van der Waals surface area contributed by atoms with Crippen molar-refractivity contribution in [1.82, 2.24) is 0 Å². The van der Waals surface area contributed by atoms with E-state index in [1.54, 1.807) is 32.9 Å². The van der Waals surface area contributed by atoms with E-state index in [9.17, 15) is 50.1 Å². The zero-order valence-electron chi connectivity index (χ0n) is 43.5. The Labute approximate surface area is 433 Å². The summed E-state index contributed by atoms with van der Waals surface area (Å²) in [5.74, 6) is -4.60. The number of aliphatic hydroxyl groups excluding tert-OH is 5. The molecule has 1 aromatic carbocycles. The number of rotatable bonds is 13. The van der Waals surface area contributed by atoms with Gasteiger partial charge in [-0.05, 0) is 82.4 Å². The van der Waals surface area contributed by atoms with Crippen LogP contribution in [0.5, 0.6) is 11.5 Å². The third kappa shape index (κ3) is 14.8. The van der Waals surface area contributed by atoms with Crippen LogP contribution in [-0.2, 0) is 49.2 Å². The predicted octanol–water partition coefficient (Wildman–Crippen LogP) is 6.98. The summed E-state index contributed by atoms with van der Waals surface area (Å²) >= 11 is 12.3. The molecule has 3 aliphatic rings. The number of cyclic esters (lactones) is 1. The number of carbonyl (C=O) groups excluding carboxylic acids is 3. The Morgan fingerprint density at radius 1 is 0.931 bits per heavy atom. The Morgan fingerprint density at radius 3 is 2.19 bits per heavy atom. The molecule has 1 saturated carbocycles. The summed E-state index contributed by atoms with van der Waals surface area (Å²) in [5.41, 5.74) is 0.468.